The third-order valence-electron chi connectivity index (χ3n) is 4.56. The van der Waals surface area contributed by atoms with Gasteiger partial charge in [0, 0.05) is 17.6 Å². The molecule has 0 unspecified atom stereocenters. The van der Waals surface area contributed by atoms with Crippen LogP contribution in [0, 0.1) is 0 Å². The number of amides is 1. The molecule has 0 atom stereocenters. The average molecular weight is 380 g/mol. The third-order valence-corrected chi connectivity index (χ3v) is 4.56. The van der Waals surface area contributed by atoms with E-state index >= 15 is 0 Å². The van der Waals surface area contributed by atoms with E-state index in [9.17, 15) is 9.59 Å². The summed E-state index contributed by atoms with van der Waals surface area (Å²) in [6.45, 7) is 7.06. The third kappa shape index (κ3) is 4.78. The number of carbonyl (C=O) groups is 2. The highest BCUT2D eigenvalue weighted by Gasteiger charge is 2.13. The molecule has 0 aliphatic rings. The summed E-state index contributed by atoms with van der Waals surface area (Å²) in [5.41, 5.74) is 1.68. The van der Waals surface area contributed by atoms with Crippen LogP contribution in [-0.2, 0) is 4.74 Å². The predicted molar refractivity (Wildman–Crippen MR) is 109 cm³/mol. The van der Waals surface area contributed by atoms with Crippen LogP contribution in [-0.4, -0.2) is 43.0 Å². The van der Waals surface area contributed by atoms with E-state index in [1.807, 2.05) is 24.3 Å². The highest BCUT2D eigenvalue weighted by molar-refractivity contribution is 6.04. The van der Waals surface area contributed by atoms with Crippen molar-refractivity contribution in [2.24, 2.45) is 0 Å². The van der Waals surface area contributed by atoms with E-state index in [2.05, 4.69) is 24.1 Å². The van der Waals surface area contributed by atoms with E-state index in [1.165, 1.54) is 0 Å². The van der Waals surface area contributed by atoms with Crippen molar-refractivity contribution in [1.82, 2.24) is 4.90 Å². The van der Waals surface area contributed by atoms with Gasteiger partial charge in [-0.1, -0.05) is 32.0 Å². The molecule has 3 aromatic rings. The van der Waals surface area contributed by atoms with Gasteiger partial charge in [0.1, 0.15) is 12.2 Å². The fraction of sp³-hybridized carbons (Fsp3) is 0.273. The van der Waals surface area contributed by atoms with Crippen LogP contribution in [0.25, 0.3) is 11.0 Å². The van der Waals surface area contributed by atoms with E-state index in [0.29, 0.717) is 30.0 Å². The first-order valence-corrected chi connectivity index (χ1v) is 9.40. The fourth-order valence-electron chi connectivity index (χ4n) is 2.87. The summed E-state index contributed by atoms with van der Waals surface area (Å²) in [6, 6.07) is 15.7. The van der Waals surface area contributed by atoms with Crippen LogP contribution in [0.5, 0.6) is 0 Å². The zero-order valence-electron chi connectivity index (χ0n) is 16.1. The largest absolute Gasteiger partial charge is 0.461 e. The molecule has 1 heterocycles. The van der Waals surface area contributed by atoms with Crippen LogP contribution in [0.3, 0.4) is 0 Å². The maximum atomic E-state index is 12.4. The van der Waals surface area contributed by atoms with Gasteiger partial charge < -0.3 is 19.4 Å². The maximum absolute atomic E-state index is 12.4. The number of hydrogen-bond donors (Lipinski definition) is 1. The lowest BCUT2D eigenvalue weighted by molar-refractivity contribution is 0.0466. The van der Waals surface area contributed by atoms with Gasteiger partial charge >= 0.3 is 5.97 Å². The summed E-state index contributed by atoms with van der Waals surface area (Å²) in [5.74, 6) is -0.478. The zero-order chi connectivity index (χ0) is 19.9. The van der Waals surface area contributed by atoms with E-state index in [0.717, 1.165) is 18.5 Å². The molecule has 28 heavy (non-hydrogen) atoms. The van der Waals surface area contributed by atoms with E-state index in [4.69, 9.17) is 9.15 Å². The molecule has 0 fully saturated rings. The molecule has 1 amide bonds. The Bertz CT molecular complexity index is 910. The number of anilines is 1. The molecule has 6 nitrogen and oxygen atoms in total. The molecule has 146 valence electrons. The summed E-state index contributed by atoms with van der Waals surface area (Å²) in [5, 5.41) is 3.64. The first-order chi connectivity index (χ1) is 13.6. The summed E-state index contributed by atoms with van der Waals surface area (Å²) in [6.07, 6.45) is 0. The Morgan fingerprint density at radius 2 is 1.75 bits per heavy atom. The lowest BCUT2D eigenvalue weighted by Crippen LogP contribution is -2.27. The van der Waals surface area contributed by atoms with Gasteiger partial charge in [0.05, 0.1) is 5.56 Å². The highest BCUT2D eigenvalue weighted by atomic mass is 16.5. The molecule has 0 saturated carbocycles. The van der Waals surface area contributed by atoms with E-state index in [-0.39, 0.29) is 17.6 Å². The zero-order valence-corrected chi connectivity index (χ0v) is 16.1. The van der Waals surface area contributed by atoms with Gasteiger partial charge in [-0.05, 0) is 49.5 Å². The number of rotatable bonds is 8. The minimum Gasteiger partial charge on any atom is -0.461 e. The summed E-state index contributed by atoms with van der Waals surface area (Å²) in [4.78, 5) is 26.7. The van der Waals surface area contributed by atoms with Gasteiger partial charge in [-0.25, -0.2) is 4.79 Å². The van der Waals surface area contributed by atoms with Gasteiger partial charge in [-0.3, -0.25) is 4.79 Å². The number of carbonyl (C=O) groups excluding carboxylic acids is 2. The number of nitrogens with zero attached hydrogens (tertiary/aromatic N) is 1. The molecule has 0 aliphatic heterocycles. The Balaban J connectivity index is 1.56. The van der Waals surface area contributed by atoms with Gasteiger partial charge in [-0.2, -0.15) is 0 Å². The number of ether oxygens (including phenoxy) is 1. The maximum Gasteiger partial charge on any atom is 0.338 e. The molecular formula is C22H24N2O4. The van der Waals surface area contributed by atoms with Crippen LogP contribution in [0.1, 0.15) is 34.8 Å². The number of para-hydroxylation sites is 1. The number of fused-ring (bicyclic) bond motifs is 1. The molecule has 0 aliphatic carbocycles. The van der Waals surface area contributed by atoms with Crippen LogP contribution in [0.15, 0.2) is 59.0 Å². The normalized spacial score (nSPS) is 11.0. The molecule has 0 radical (unpaired) electrons. The second-order valence-corrected chi connectivity index (χ2v) is 6.34. The predicted octanol–water partition coefficient (Wildman–Crippen LogP) is 4.18. The van der Waals surface area contributed by atoms with Crippen LogP contribution < -0.4 is 5.32 Å². The highest BCUT2D eigenvalue weighted by Crippen LogP contribution is 2.20. The van der Waals surface area contributed by atoms with Crippen molar-refractivity contribution in [3.8, 4) is 0 Å². The quantitative estimate of drug-likeness (QED) is 0.594. The molecule has 0 spiro atoms. The minimum atomic E-state index is -0.373. The van der Waals surface area contributed by atoms with Crippen molar-refractivity contribution >= 4 is 28.5 Å². The number of nitrogens with one attached hydrogen (secondary N) is 1. The Labute approximate surface area is 164 Å². The lowest BCUT2D eigenvalue weighted by Gasteiger charge is -2.17. The number of esters is 1. The number of hydrogen-bond acceptors (Lipinski definition) is 5. The van der Waals surface area contributed by atoms with E-state index in [1.54, 1.807) is 30.3 Å². The standard InChI is InChI=1S/C22H24N2O4/c1-3-24(4-2)13-14-27-22(26)16-9-11-18(12-10-16)23-21(25)20-15-17-7-5-6-8-19(17)28-20/h5-12,15H,3-4,13-14H2,1-2H3,(H,23,25). The molecule has 1 aromatic heterocycles. The molecular weight excluding hydrogens is 356 g/mol. The average Bonchev–Trinajstić information content (AvgIpc) is 3.16. The SMILES string of the molecule is CCN(CC)CCOC(=O)c1ccc(NC(=O)c2cc3ccccc3o2)cc1. The number of furan rings is 1. The lowest BCUT2D eigenvalue weighted by atomic mass is 10.2. The van der Waals surface area contributed by atoms with Crippen LogP contribution >= 0.6 is 0 Å². The fourth-order valence-corrected chi connectivity index (χ4v) is 2.87. The second kappa shape index (κ2) is 9.19. The monoisotopic (exact) mass is 380 g/mol. The van der Waals surface area contributed by atoms with E-state index < -0.39 is 0 Å². The number of likely N-dealkylation sites (N-methyl/N-ethyl adjacent to an activating group) is 1. The van der Waals surface area contributed by atoms with Crippen molar-refractivity contribution in [1.29, 1.82) is 0 Å². The van der Waals surface area contributed by atoms with Gasteiger partial charge in [-0.15, -0.1) is 0 Å². The molecule has 2 aromatic carbocycles. The van der Waals surface area contributed by atoms with Gasteiger partial charge in [0.15, 0.2) is 5.76 Å². The van der Waals surface area contributed by atoms with Crippen LogP contribution in [0.4, 0.5) is 5.69 Å². The summed E-state index contributed by atoms with van der Waals surface area (Å²) in [7, 11) is 0. The first kappa shape index (κ1) is 19.6. The van der Waals surface area contributed by atoms with Gasteiger partial charge in [0.2, 0.25) is 0 Å². The molecule has 0 saturated heterocycles. The first-order valence-electron chi connectivity index (χ1n) is 9.40. The second-order valence-electron chi connectivity index (χ2n) is 6.34. The van der Waals surface area contributed by atoms with Gasteiger partial charge in [0.25, 0.3) is 5.91 Å². The Morgan fingerprint density at radius 1 is 1.04 bits per heavy atom. The Hall–Kier alpha value is -3.12. The van der Waals surface area contributed by atoms with Crippen molar-refractivity contribution in [3.63, 3.8) is 0 Å². The Kier molecular flexibility index (Phi) is 6.45. The topological polar surface area (TPSA) is 71.8 Å². The molecule has 3 rings (SSSR count). The number of benzene rings is 2. The van der Waals surface area contributed by atoms with Crippen molar-refractivity contribution in [2.75, 3.05) is 31.6 Å². The smallest absolute Gasteiger partial charge is 0.338 e. The van der Waals surface area contributed by atoms with Crippen LogP contribution in [0.2, 0.25) is 0 Å². The Morgan fingerprint density at radius 3 is 2.43 bits per heavy atom. The van der Waals surface area contributed by atoms with Crippen molar-refractivity contribution in [3.05, 3.63) is 65.9 Å². The van der Waals surface area contributed by atoms with Crippen molar-refractivity contribution in [2.45, 2.75) is 13.8 Å². The summed E-state index contributed by atoms with van der Waals surface area (Å²) < 4.78 is 10.9. The minimum absolute atomic E-state index is 0.237. The molecule has 0 bridgehead atoms. The molecule has 1 N–H and O–H groups in total. The molecule has 6 heteroatoms. The summed E-state index contributed by atoms with van der Waals surface area (Å²) >= 11 is 0. The van der Waals surface area contributed by atoms with Crippen molar-refractivity contribution < 1.29 is 18.7 Å².